The molecule has 50 heavy (non-hydrogen) atoms. The van der Waals surface area contributed by atoms with Gasteiger partial charge in [0, 0.05) is 22.9 Å². The fourth-order valence-corrected chi connectivity index (χ4v) is 6.63. The summed E-state index contributed by atoms with van der Waals surface area (Å²) in [4.78, 5) is 10.1. The maximum atomic E-state index is 5.13. The molecule has 0 radical (unpaired) electrons. The third-order valence-corrected chi connectivity index (χ3v) is 9.79. The van der Waals surface area contributed by atoms with Gasteiger partial charge in [0.15, 0.2) is 0 Å². The van der Waals surface area contributed by atoms with Gasteiger partial charge >= 0.3 is 0 Å². The van der Waals surface area contributed by atoms with Crippen LogP contribution in [0.3, 0.4) is 0 Å². The third kappa shape index (κ3) is 21.3. The van der Waals surface area contributed by atoms with Gasteiger partial charge in [-0.15, -0.1) is 0 Å². The Morgan fingerprint density at radius 1 is 0.480 bits per heavy atom. The number of aryl methyl sites for hydroxylation is 4. The van der Waals surface area contributed by atoms with Crippen LogP contribution in [0.4, 0.5) is 11.4 Å². The van der Waals surface area contributed by atoms with Crippen LogP contribution in [0.25, 0.3) is 0 Å². The smallest absolute Gasteiger partial charge is 0.132 e. The zero-order valence-electron chi connectivity index (χ0n) is 33.1. The van der Waals surface area contributed by atoms with E-state index in [4.69, 9.17) is 9.98 Å². The Kier molecular flexibility index (Phi) is 28.9. The van der Waals surface area contributed by atoms with Gasteiger partial charge in [-0.1, -0.05) is 155 Å². The standard InChI is InChI=1S/C47H74N2.Ni/c1-6-11-16-17-18-19-20-21-22-23-28-33-47(49-46-37-35-42(30-25-13-8-3)44(39-46)32-27-15-10-5)40-48-45-36-34-41(29-24-12-7-2)43(38-45)31-26-14-9-4;/h34-40H,6-27,29-32H2,1-5H3;. The second kappa shape index (κ2) is 31.6. The number of nitrogens with zero attached hydrogens (tertiary/aromatic N) is 2. The molecule has 0 aliphatic rings. The third-order valence-electron chi connectivity index (χ3n) is 9.79. The minimum atomic E-state index is 0. The quantitative estimate of drug-likeness (QED) is 0.0361. The predicted octanol–water partition coefficient (Wildman–Crippen LogP) is 15.0. The number of rotatable bonds is 28. The minimum absolute atomic E-state index is 0. The molecule has 2 aromatic rings. The Hall–Kier alpha value is -2.17. The summed E-state index contributed by atoms with van der Waals surface area (Å²) >= 11 is 0. The second-order valence-electron chi connectivity index (χ2n) is 14.4. The average Bonchev–Trinajstić information content (AvgIpc) is 3.11. The molecule has 2 aromatic carbocycles. The zero-order valence-corrected chi connectivity index (χ0v) is 34.1. The molecular weight excluding hydrogens is 651 g/mol. The normalized spacial score (nSPS) is 11.5. The molecule has 0 unspecified atom stereocenters. The molecule has 0 saturated heterocycles. The summed E-state index contributed by atoms with van der Waals surface area (Å²) in [6.07, 6.45) is 34.7. The van der Waals surface area contributed by atoms with E-state index in [1.165, 1.54) is 170 Å². The van der Waals surface area contributed by atoms with Crippen LogP contribution in [0.5, 0.6) is 0 Å². The zero-order chi connectivity index (χ0) is 35.2. The molecule has 3 heteroatoms. The van der Waals surface area contributed by atoms with Gasteiger partial charge in [-0.05, 0) is 110 Å². The summed E-state index contributed by atoms with van der Waals surface area (Å²) in [5, 5.41) is 0. The fourth-order valence-electron chi connectivity index (χ4n) is 6.63. The molecule has 0 saturated carbocycles. The van der Waals surface area contributed by atoms with Gasteiger partial charge in [-0.2, -0.15) is 0 Å². The van der Waals surface area contributed by atoms with Crippen molar-refractivity contribution in [2.24, 2.45) is 9.98 Å². The van der Waals surface area contributed by atoms with Gasteiger partial charge in [-0.25, -0.2) is 4.99 Å². The van der Waals surface area contributed by atoms with E-state index in [1.807, 2.05) is 6.21 Å². The minimum Gasteiger partial charge on any atom is -0.254 e. The molecule has 0 amide bonds. The Balaban J connectivity index is 0.0000125. The van der Waals surface area contributed by atoms with E-state index < -0.39 is 0 Å². The van der Waals surface area contributed by atoms with Crippen molar-refractivity contribution in [1.82, 2.24) is 0 Å². The number of hydrogen-bond donors (Lipinski definition) is 0. The molecule has 0 N–H and O–H groups in total. The SMILES string of the molecule is CCCCCCCCCCCC#CC(C=Nc1ccc(CCCCC)c(CCCCC)c1)=Nc1ccc(CCCCC)c(CCCCC)c1.[Ni]. The molecule has 0 aromatic heterocycles. The van der Waals surface area contributed by atoms with Gasteiger partial charge in [0.05, 0.1) is 17.6 Å². The molecular formula is C47H74N2Ni. The van der Waals surface area contributed by atoms with Gasteiger partial charge in [0.25, 0.3) is 0 Å². The van der Waals surface area contributed by atoms with Crippen molar-refractivity contribution in [2.45, 2.75) is 202 Å². The van der Waals surface area contributed by atoms with Gasteiger partial charge in [-0.3, -0.25) is 4.99 Å². The Labute approximate surface area is 320 Å². The summed E-state index contributed by atoms with van der Waals surface area (Å²) in [5.74, 6) is 6.92. The summed E-state index contributed by atoms with van der Waals surface area (Å²) in [7, 11) is 0. The maximum absolute atomic E-state index is 5.13. The largest absolute Gasteiger partial charge is 0.254 e. The van der Waals surface area contributed by atoms with E-state index in [1.54, 1.807) is 0 Å². The molecule has 0 aliphatic heterocycles. The Morgan fingerprint density at radius 3 is 1.38 bits per heavy atom. The van der Waals surface area contributed by atoms with Crippen LogP contribution >= 0.6 is 0 Å². The molecule has 0 atom stereocenters. The van der Waals surface area contributed by atoms with Crippen molar-refractivity contribution < 1.29 is 16.5 Å². The number of aliphatic imine (C=N–C) groups is 2. The fraction of sp³-hybridized carbons (Fsp3) is 0.660. The van der Waals surface area contributed by atoms with Crippen LogP contribution in [-0.2, 0) is 42.2 Å². The molecule has 0 spiro atoms. The molecule has 0 aliphatic carbocycles. The molecule has 2 rings (SSSR count). The van der Waals surface area contributed by atoms with E-state index in [9.17, 15) is 0 Å². The Bertz CT molecular complexity index is 1250. The van der Waals surface area contributed by atoms with Crippen LogP contribution in [-0.4, -0.2) is 11.9 Å². The topological polar surface area (TPSA) is 24.7 Å². The first-order valence-electron chi connectivity index (χ1n) is 21.0. The van der Waals surface area contributed by atoms with Crippen LogP contribution < -0.4 is 0 Å². The van der Waals surface area contributed by atoms with Gasteiger partial charge < -0.3 is 0 Å². The number of hydrogen-bond acceptors (Lipinski definition) is 2. The second-order valence-corrected chi connectivity index (χ2v) is 14.4. The van der Waals surface area contributed by atoms with E-state index in [0.29, 0.717) is 0 Å². The Morgan fingerprint density at radius 2 is 0.880 bits per heavy atom. The molecule has 0 heterocycles. The average molecular weight is 726 g/mol. The van der Waals surface area contributed by atoms with Crippen LogP contribution in [0.1, 0.15) is 198 Å². The summed E-state index contributed by atoms with van der Waals surface area (Å²) in [6.45, 7) is 11.4. The maximum Gasteiger partial charge on any atom is 0.132 e. The first-order valence-corrected chi connectivity index (χ1v) is 21.0. The summed E-state index contributed by atoms with van der Waals surface area (Å²) in [6, 6.07) is 13.7. The van der Waals surface area contributed by atoms with Crippen LogP contribution in [0, 0.1) is 11.8 Å². The van der Waals surface area contributed by atoms with E-state index in [0.717, 1.165) is 36.3 Å². The molecule has 282 valence electrons. The van der Waals surface area contributed by atoms with Crippen molar-refractivity contribution in [3.8, 4) is 11.8 Å². The molecule has 0 bridgehead atoms. The van der Waals surface area contributed by atoms with E-state index >= 15 is 0 Å². The van der Waals surface area contributed by atoms with Gasteiger partial charge in [0.1, 0.15) is 5.71 Å². The van der Waals surface area contributed by atoms with Gasteiger partial charge in [0.2, 0.25) is 0 Å². The van der Waals surface area contributed by atoms with Crippen molar-refractivity contribution >= 4 is 23.3 Å². The van der Waals surface area contributed by atoms with Crippen LogP contribution in [0.2, 0.25) is 0 Å². The molecule has 2 nitrogen and oxygen atoms in total. The van der Waals surface area contributed by atoms with E-state index in [2.05, 4.69) is 82.9 Å². The van der Waals surface area contributed by atoms with Crippen molar-refractivity contribution in [1.29, 1.82) is 0 Å². The summed E-state index contributed by atoms with van der Waals surface area (Å²) < 4.78 is 0. The van der Waals surface area contributed by atoms with Crippen molar-refractivity contribution in [3.63, 3.8) is 0 Å². The van der Waals surface area contributed by atoms with E-state index in [-0.39, 0.29) is 16.5 Å². The van der Waals surface area contributed by atoms with Crippen molar-refractivity contribution in [3.05, 3.63) is 58.7 Å². The summed E-state index contributed by atoms with van der Waals surface area (Å²) in [5.41, 5.74) is 8.76. The van der Waals surface area contributed by atoms with Crippen molar-refractivity contribution in [2.75, 3.05) is 0 Å². The number of benzene rings is 2. The molecule has 0 fully saturated rings. The first-order chi connectivity index (χ1) is 24.1. The number of unbranched alkanes of at least 4 members (excludes halogenated alkanes) is 17. The monoisotopic (exact) mass is 725 g/mol. The van der Waals surface area contributed by atoms with Crippen LogP contribution in [0.15, 0.2) is 46.4 Å². The predicted molar refractivity (Wildman–Crippen MR) is 221 cm³/mol. The first kappa shape index (κ1) is 45.9.